The highest BCUT2D eigenvalue weighted by molar-refractivity contribution is 5.84. The third kappa shape index (κ3) is 4.42. The van der Waals surface area contributed by atoms with Gasteiger partial charge in [-0.2, -0.15) is 0 Å². The molecule has 0 radical (unpaired) electrons. The molecule has 0 N–H and O–H groups in total. The van der Waals surface area contributed by atoms with E-state index >= 15 is 0 Å². The number of nitrogens with zero attached hydrogens (tertiary/aromatic N) is 1. The summed E-state index contributed by atoms with van der Waals surface area (Å²) in [5, 5.41) is 2.30. The van der Waals surface area contributed by atoms with Crippen LogP contribution in [0.4, 0.5) is 0 Å². The van der Waals surface area contributed by atoms with Crippen LogP contribution in [-0.4, -0.2) is 25.0 Å². The Kier molecular flexibility index (Phi) is 5.57. The van der Waals surface area contributed by atoms with Crippen molar-refractivity contribution >= 4 is 16.7 Å². The summed E-state index contributed by atoms with van der Waals surface area (Å²) in [6, 6.07) is 20.7. The van der Waals surface area contributed by atoms with Gasteiger partial charge in [0.05, 0.1) is 7.11 Å². The maximum Gasteiger partial charge on any atom is 0.222 e. The fourth-order valence-corrected chi connectivity index (χ4v) is 3.06. The molecule has 0 saturated heterocycles. The normalized spacial score (nSPS) is 10.7. The summed E-state index contributed by atoms with van der Waals surface area (Å²) in [4.78, 5) is 14.2. The highest BCUT2D eigenvalue weighted by Gasteiger charge is 2.10. The third-order valence-electron chi connectivity index (χ3n) is 4.71. The van der Waals surface area contributed by atoms with Gasteiger partial charge in [0.15, 0.2) is 0 Å². The second kappa shape index (κ2) is 8.05. The summed E-state index contributed by atoms with van der Waals surface area (Å²) < 4.78 is 5.27. The van der Waals surface area contributed by atoms with Gasteiger partial charge in [0.2, 0.25) is 5.91 Å². The highest BCUT2D eigenvalue weighted by Crippen LogP contribution is 2.22. The van der Waals surface area contributed by atoms with Crippen LogP contribution < -0.4 is 4.74 Å². The summed E-state index contributed by atoms with van der Waals surface area (Å²) in [6.45, 7) is 2.69. The predicted molar refractivity (Wildman–Crippen MR) is 106 cm³/mol. The second-order valence-corrected chi connectivity index (χ2v) is 6.78. The molecular formula is C23H25NO2. The standard InChI is InChI=1S/C23H25NO2/c1-17-4-6-18(7-5-17)9-13-23(25)24(2)16-19-8-10-21-15-22(26-3)12-11-20(21)14-19/h4-8,10-12,14-15H,9,13,16H2,1-3H3. The number of carbonyl (C=O) groups is 1. The Morgan fingerprint density at radius 1 is 0.923 bits per heavy atom. The number of methoxy groups -OCH3 is 1. The van der Waals surface area contributed by atoms with Gasteiger partial charge in [-0.25, -0.2) is 0 Å². The van der Waals surface area contributed by atoms with Gasteiger partial charge in [-0.15, -0.1) is 0 Å². The Morgan fingerprint density at radius 3 is 2.31 bits per heavy atom. The Balaban J connectivity index is 1.61. The quantitative estimate of drug-likeness (QED) is 0.644. The maximum absolute atomic E-state index is 12.4. The molecule has 0 aromatic heterocycles. The van der Waals surface area contributed by atoms with Crippen molar-refractivity contribution in [3.05, 3.63) is 77.4 Å². The molecule has 26 heavy (non-hydrogen) atoms. The Hall–Kier alpha value is -2.81. The van der Waals surface area contributed by atoms with Crippen molar-refractivity contribution in [2.24, 2.45) is 0 Å². The van der Waals surface area contributed by atoms with Gasteiger partial charge in [0, 0.05) is 20.0 Å². The van der Waals surface area contributed by atoms with Crippen molar-refractivity contribution in [3.8, 4) is 5.75 Å². The molecule has 0 aliphatic heterocycles. The molecule has 3 heteroatoms. The van der Waals surface area contributed by atoms with Crippen molar-refractivity contribution in [1.82, 2.24) is 4.90 Å². The number of hydrogen-bond donors (Lipinski definition) is 0. The molecule has 3 rings (SSSR count). The Bertz CT molecular complexity index is 900. The Morgan fingerprint density at radius 2 is 1.58 bits per heavy atom. The average molecular weight is 347 g/mol. The van der Waals surface area contributed by atoms with Crippen molar-refractivity contribution in [1.29, 1.82) is 0 Å². The van der Waals surface area contributed by atoms with Crippen molar-refractivity contribution < 1.29 is 9.53 Å². The fourth-order valence-electron chi connectivity index (χ4n) is 3.06. The smallest absolute Gasteiger partial charge is 0.222 e. The summed E-state index contributed by atoms with van der Waals surface area (Å²) in [6.07, 6.45) is 1.31. The van der Waals surface area contributed by atoms with Gasteiger partial charge in [-0.05, 0) is 53.4 Å². The van der Waals surface area contributed by atoms with E-state index in [9.17, 15) is 4.79 Å². The zero-order chi connectivity index (χ0) is 18.5. The monoisotopic (exact) mass is 347 g/mol. The summed E-state index contributed by atoms with van der Waals surface area (Å²) in [5.74, 6) is 1.02. The highest BCUT2D eigenvalue weighted by atomic mass is 16.5. The minimum atomic E-state index is 0.167. The molecule has 0 spiro atoms. The molecule has 134 valence electrons. The topological polar surface area (TPSA) is 29.5 Å². The zero-order valence-electron chi connectivity index (χ0n) is 15.7. The summed E-state index contributed by atoms with van der Waals surface area (Å²) in [5.41, 5.74) is 3.58. The Labute approximate surface area is 155 Å². The van der Waals surface area contributed by atoms with E-state index in [1.807, 2.05) is 19.2 Å². The van der Waals surface area contributed by atoms with Crippen LogP contribution in [0.5, 0.6) is 5.75 Å². The zero-order valence-corrected chi connectivity index (χ0v) is 15.7. The minimum absolute atomic E-state index is 0.167. The first-order valence-electron chi connectivity index (χ1n) is 8.91. The van der Waals surface area contributed by atoms with Gasteiger partial charge in [0.25, 0.3) is 0 Å². The van der Waals surface area contributed by atoms with Crippen molar-refractivity contribution in [3.63, 3.8) is 0 Å². The van der Waals surface area contributed by atoms with Gasteiger partial charge in [0.1, 0.15) is 5.75 Å². The van der Waals surface area contributed by atoms with Crippen LogP contribution in [-0.2, 0) is 17.8 Å². The van der Waals surface area contributed by atoms with E-state index in [-0.39, 0.29) is 5.91 Å². The van der Waals surface area contributed by atoms with Gasteiger partial charge in [-0.1, -0.05) is 48.0 Å². The number of amides is 1. The molecule has 3 aromatic rings. The first-order valence-corrected chi connectivity index (χ1v) is 8.91. The van der Waals surface area contributed by atoms with E-state index in [0.29, 0.717) is 13.0 Å². The second-order valence-electron chi connectivity index (χ2n) is 6.78. The predicted octanol–water partition coefficient (Wildman–Crippen LogP) is 4.75. The lowest BCUT2D eigenvalue weighted by atomic mass is 10.1. The van der Waals surface area contributed by atoms with Gasteiger partial charge >= 0.3 is 0 Å². The lowest BCUT2D eigenvalue weighted by Gasteiger charge is -2.18. The first-order chi connectivity index (χ1) is 12.5. The van der Waals surface area contributed by atoms with Gasteiger partial charge in [-0.3, -0.25) is 4.79 Å². The SMILES string of the molecule is COc1ccc2cc(CN(C)C(=O)CCc3ccc(C)cc3)ccc2c1. The number of carbonyl (C=O) groups excluding carboxylic acids is 1. The number of benzene rings is 3. The number of hydrogen-bond acceptors (Lipinski definition) is 2. The van der Waals surface area contributed by atoms with Gasteiger partial charge < -0.3 is 9.64 Å². The van der Waals surface area contributed by atoms with E-state index in [1.165, 1.54) is 11.1 Å². The number of aryl methyl sites for hydroxylation is 2. The maximum atomic E-state index is 12.4. The van der Waals surface area contributed by atoms with Crippen LogP contribution in [0, 0.1) is 6.92 Å². The van der Waals surface area contributed by atoms with E-state index in [2.05, 4.69) is 55.5 Å². The molecule has 0 saturated carbocycles. The first kappa shape index (κ1) is 18.0. The molecule has 0 unspecified atom stereocenters. The molecule has 0 bridgehead atoms. The van der Waals surface area contributed by atoms with Crippen LogP contribution in [0.3, 0.4) is 0 Å². The largest absolute Gasteiger partial charge is 0.497 e. The van der Waals surface area contributed by atoms with Crippen LogP contribution in [0.15, 0.2) is 60.7 Å². The average Bonchev–Trinajstić information content (AvgIpc) is 2.66. The number of fused-ring (bicyclic) bond motifs is 1. The van der Waals surface area contributed by atoms with E-state index in [4.69, 9.17) is 4.74 Å². The van der Waals surface area contributed by atoms with Crippen molar-refractivity contribution in [2.75, 3.05) is 14.2 Å². The van der Waals surface area contributed by atoms with Crippen molar-refractivity contribution in [2.45, 2.75) is 26.3 Å². The van der Waals surface area contributed by atoms with Crippen LogP contribution in [0.25, 0.3) is 10.8 Å². The molecule has 3 nitrogen and oxygen atoms in total. The van der Waals surface area contributed by atoms with E-state index < -0.39 is 0 Å². The minimum Gasteiger partial charge on any atom is -0.497 e. The van der Waals surface area contributed by atoms with Crippen LogP contribution in [0.2, 0.25) is 0 Å². The molecule has 0 aliphatic carbocycles. The molecule has 0 aliphatic rings. The molecule has 0 atom stereocenters. The molecule has 3 aromatic carbocycles. The summed E-state index contributed by atoms with van der Waals surface area (Å²) >= 11 is 0. The lowest BCUT2D eigenvalue weighted by Crippen LogP contribution is -2.26. The number of rotatable bonds is 6. The van der Waals surface area contributed by atoms with E-state index in [0.717, 1.165) is 28.5 Å². The molecule has 0 fully saturated rings. The third-order valence-corrected chi connectivity index (χ3v) is 4.71. The lowest BCUT2D eigenvalue weighted by molar-refractivity contribution is -0.130. The molecular weight excluding hydrogens is 322 g/mol. The van der Waals surface area contributed by atoms with Crippen LogP contribution >= 0.6 is 0 Å². The summed E-state index contributed by atoms with van der Waals surface area (Å²) in [7, 11) is 3.54. The fraction of sp³-hybridized carbons (Fsp3) is 0.261. The number of ether oxygens (including phenoxy) is 1. The van der Waals surface area contributed by atoms with Crippen LogP contribution in [0.1, 0.15) is 23.1 Å². The molecule has 0 heterocycles. The van der Waals surface area contributed by atoms with E-state index in [1.54, 1.807) is 12.0 Å². The molecule has 1 amide bonds.